The normalized spacial score (nSPS) is 12.2. The SMILES string of the molecule is CCN(CC)CCOc1ccc2c(c1)C(O)c1cc(OCCN(CC)CC)ccc1-2.Cl.Cl. The van der Waals surface area contributed by atoms with Crippen molar-refractivity contribution in [3.8, 4) is 22.6 Å². The summed E-state index contributed by atoms with van der Waals surface area (Å²) in [6.07, 6.45) is -0.646. The Morgan fingerprint density at radius 1 is 0.688 bits per heavy atom. The van der Waals surface area contributed by atoms with Gasteiger partial charge in [0.2, 0.25) is 0 Å². The summed E-state index contributed by atoms with van der Waals surface area (Å²) in [5, 5.41) is 10.9. The maximum Gasteiger partial charge on any atom is 0.119 e. The van der Waals surface area contributed by atoms with Crippen molar-refractivity contribution < 1.29 is 14.6 Å². The molecular weight excluding hydrogens is 447 g/mol. The van der Waals surface area contributed by atoms with E-state index in [1.165, 1.54) is 0 Å². The van der Waals surface area contributed by atoms with Crippen LogP contribution in [0.3, 0.4) is 0 Å². The minimum atomic E-state index is -0.646. The third-order valence-electron chi connectivity index (χ3n) is 6.07. The Hall–Kier alpha value is -1.50. The summed E-state index contributed by atoms with van der Waals surface area (Å²) in [5.41, 5.74) is 3.96. The number of aliphatic hydroxyl groups is 1. The van der Waals surface area contributed by atoms with Gasteiger partial charge < -0.3 is 24.4 Å². The van der Waals surface area contributed by atoms with E-state index in [1.54, 1.807) is 0 Å². The van der Waals surface area contributed by atoms with Gasteiger partial charge in [0.15, 0.2) is 0 Å². The third kappa shape index (κ3) is 6.75. The Labute approximate surface area is 205 Å². The van der Waals surface area contributed by atoms with Gasteiger partial charge in [-0.3, -0.25) is 0 Å². The van der Waals surface area contributed by atoms with Crippen LogP contribution >= 0.6 is 24.8 Å². The molecule has 0 heterocycles. The van der Waals surface area contributed by atoms with Crippen molar-refractivity contribution in [2.45, 2.75) is 33.8 Å². The standard InChI is InChI=1S/C25H36N2O3.2ClH/c1-5-26(6-2)13-15-29-19-9-11-21-22-12-10-20(30-16-14-27(7-3)8-4)18-24(22)25(28)23(21)17-19;;/h9-12,17-18,25,28H,5-8,13-16H2,1-4H3;2*1H. The van der Waals surface area contributed by atoms with Crippen LogP contribution < -0.4 is 9.47 Å². The molecule has 0 atom stereocenters. The molecule has 0 saturated carbocycles. The van der Waals surface area contributed by atoms with Crippen molar-refractivity contribution in [2.75, 3.05) is 52.5 Å². The quantitative estimate of drug-likeness (QED) is 0.457. The summed E-state index contributed by atoms with van der Waals surface area (Å²) in [7, 11) is 0. The molecule has 2 aromatic rings. The monoisotopic (exact) mass is 484 g/mol. The summed E-state index contributed by atoms with van der Waals surface area (Å²) >= 11 is 0. The molecule has 0 bridgehead atoms. The number of ether oxygens (including phenoxy) is 2. The van der Waals surface area contributed by atoms with Gasteiger partial charge >= 0.3 is 0 Å². The lowest BCUT2D eigenvalue weighted by Gasteiger charge is -2.18. The van der Waals surface area contributed by atoms with Crippen LogP contribution in [-0.4, -0.2) is 67.4 Å². The number of rotatable bonds is 12. The van der Waals surface area contributed by atoms with E-state index in [9.17, 15) is 5.11 Å². The number of hydrogen-bond acceptors (Lipinski definition) is 5. The average molecular weight is 485 g/mol. The van der Waals surface area contributed by atoms with Crippen LogP contribution in [-0.2, 0) is 0 Å². The third-order valence-corrected chi connectivity index (χ3v) is 6.07. The molecule has 32 heavy (non-hydrogen) atoms. The van der Waals surface area contributed by atoms with Crippen molar-refractivity contribution in [2.24, 2.45) is 0 Å². The molecule has 0 amide bonds. The lowest BCUT2D eigenvalue weighted by atomic mass is 10.1. The Bertz CT molecular complexity index is 759. The van der Waals surface area contributed by atoms with E-state index in [0.717, 1.165) is 73.0 Å². The molecule has 0 radical (unpaired) electrons. The summed E-state index contributed by atoms with van der Waals surface area (Å²) in [5.74, 6) is 1.62. The first-order valence-corrected chi connectivity index (χ1v) is 11.3. The molecule has 0 fully saturated rings. The van der Waals surface area contributed by atoms with E-state index < -0.39 is 6.10 Å². The lowest BCUT2D eigenvalue weighted by Crippen LogP contribution is -2.27. The van der Waals surface area contributed by atoms with E-state index in [1.807, 2.05) is 24.3 Å². The molecule has 0 spiro atoms. The van der Waals surface area contributed by atoms with E-state index in [0.29, 0.717) is 13.2 Å². The first kappa shape index (κ1) is 28.5. The lowest BCUT2D eigenvalue weighted by molar-refractivity contribution is 0.214. The number of nitrogens with zero attached hydrogens (tertiary/aromatic N) is 2. The second-order valence-corrected chi connectivity index (χ2v) is 7.65. The van der Waals surface area contributed by atoms with Gasteiger partial charge in [0, 0.05) is 13.1 Å². The zero-order valence-corrected chi connectivity index (χ0v) is 21.3. The number of hydrogen-bond donors (Lipinski definition) is 1. The molecular formula is C25H38Cl2N2O3. The molecule has 1 aliphatic rings. The Morgan fingerprint density at radius 3 is 1.41 bits per heavy atom. The van der Waals surface area contributed by atoms with Gasteiger partial charge in [-0.25, -0.2) is 0 Å². The van der Waals surface area contributed by atoms with Crippen molar-refractivity contribution in [1.29, 1.82) is 0 Å². The maximum absolute atomic E-state index is 10.9. The van der Waals surface area contributed by atoms with Crippen molar-refractivity contribution in [3.63, 3.8) is 0 Å². The largest absolute Gasteiger partial charge is 0.492 e. The molecule has 2 aromatic carbocycles. The maximum atomic E-state index is 10.9. The van der Waals surface area contributed by atoms with Crippen molar-refractivity contribution in [1.82, 2.24) is 9.80 Å². The summed E-state index contributed by atoms with van der Waals surface area (Å²) < 4.78 is 11.9. The number of fused-ring (bicyclic) bond motifs is 3. The molecule has 1 N–H and O–H groups in total. The fraction of sp³-hybridized carbons (Fsp3) is 0.520. The molecule has 180 valence electrons. The highest BCUT2D eigenvalue weighted by atomic mass is 35.5. The van der Waals surface area contributed by atoms with Gasteiger partial charge in [-0.2, -0.15) is 0 Å². The van der Waals surface area contributed by atoms with Gasteiger partial charge in [-0.05, 0) is 72.7 Å². The fourth-order valence-corrected chi connectivity index (χ4v) is 4.04. The second-order valence-electron chi connectivity index (χ2n) is 7.65. The molecule has 3 rings (SSSR count). The van der Waals surface area contributed by atoms with E-state index >= 15 is 0 Å². The van der Waals surface area contributed by atoms with Crippen LogP contribution in [0.25, 0.3) is 11.1 Å². The van der Waals surface area contributed by atoms with Crippen LogP contribution in [0.1, 0.15) is 44.9 Å². The van der Waals surface area contributed by atoms with Gasteiger partial charge in [-0.15, -0.1) is 24.8 Å². The molecule has 0 aliphatic heterocycles. The smallest absolute Gasteiger partial charge is 0.119 e. The highest BCUT2D eigenvalue weighted by Crippen LogP contribution is 2.45. The second kappa shape index (κ2) is 13.9. The molecule has 1 aliphatic carbocycles. The summed E-state index contributed by atoms with van der Waals surface area (Å²) in [6, 6.07) is 12.1. The number of likely N-dealkylation sites (N-methyl/N-ethyl adjacent to an activating group) is 2. The predicted molar refractivity (Wildman–Crippen MR) is 137 cm³/mol. The molecule has 0 saturated heterocycles. The van der Waals surface area contributed by atoms with Crippen molar-refractivity contribution >= 4 is 24.8 Å². The molecule has 0 unspecified atom stereocenters. The van der Waals surface area contributed by atoms with E-state index in [2.05, 4.69) is 49.6 Å². The Morgan fingerprint density at radius 2 is 1.06 bits per heavy atom. The van der Waals surface area contributed by atoms with Gasteiger partial charge in [-0.1, -0.05) is 39.8 Å². The zero-order chi connectivity index (χ0) is 21.5. The highest BCUT2D eigenvalue weighted by Gasteiger charge is 2.28. The fourth-order valence-electron chi connectivity index (χ4n) is 4.04. The topological polar surface area (TPSA) is 45.2 Å². The number of aliphatic hydroxyl groups excluding tert-OH is 1. The summed E-state index contributed by atoms with van der Waals surface area (Å²) in [6.45, 7) is 15.8. The predicted octanol–water partition coefficient (Wildman–Crippen LogP) is 5.03. The zero-order valence-electron chi connectivity index (χ0n) is 19.7. The molecule has 7 heteroatoms. The average Bonchev–Trinajstić information content (AvgIpc) is 3.05. The van der Waals surface area contributed by atoms with Crippen LogP contribution in [0.5, 0.6) is 11.5 Å². The summed E-state index contributed by atoms with van der Waals surface area (Å²) in [4.78, 5) is 4.67. The molecule has 5 nitrogen and oxygen atoms in total. The van der Waals surface area contributed by atoms with Crippen LogP contribution in [0.4, 0.5) is 0 Å². The number of benzene rings is 2. The van der Waals surface area contributed by atoms with Crippen molar-refractivity contribution in [3.05, 3.63) is 47.5 Å². The minimum Gasteiger partial charge on any atom is -0.492 e. The Balaban J connectivity index is 0.00000256. The first-order chi connectivity index (χ1) is 14.6. The van der Waals surface area contributed by atoms with Crippen LogP contribution in [0.15, 0.2) is 36.4 Å². The van der Waals surface area contributed by atoms with Crippen LogP contribution in [0, 0.1) is 0 Å². The van der Waals surface area contributed by atoms with Crippen LogP contribution in [0.2, 0.25) is 0 Å². The van der Waals surface area contributed by atoms with E-state index in [-0.39, 0.29) is 24.8 Å². The number of halogens is 2. The Kier molecular flexibility index (Phi) is 12.4. The van der Waals surface area contributed by atoms with Gasteiger partial charge in [0.1, 0.15) is 30.8 Å². The first-order valence-electron chi connectivity index (χ1n) is 11.3. The minimum absolute atomic E-state index is 0. The van der Waals surface area contributed by atoms with E-state index in [4.69, 9.17) is 9.47 Å². The van der Waals surface area contributed by atoms with Gasteiger partial charge in [0.05, 0.1) is 0 Å². The highest BCUT2D eigenvalue weighted by molar-refractivity contribution is 5.85. The molecule has 0 aromatic heterocycles. The van der Waals surface area contributed by atoms with Gasteiger partial charge in [0.25, 0.3) is 0 Å².